The molecule has 0 saturated heterocycles. The molecule has 0 heterocycles. The normalized spacial score (nSPS) is 12.8. The molecule has 1 aromatic rings. The van der Waals surface area contributed by atoms with Gasteiger partial charge >= 0.3 is 12.1 Å². The fourth-order valence-corrected chi connectivity index (χ4v) is 1.74. The molecule has 3 N–H and O–H groups in total. The summed E-state index contributed by atoms with van der Waals surface area (Å²) in [6.45, 7) is 1.51. The molecule has 2 amide bonds. The van der Waals surface area contributed by atoms with Crippen molar-refractivity contribution in [1.29, 1.82) is 0 Å². The fourth-order valence-electron chi connectivity index (χ4n) is 1.49. The predicted octanol–water partition coefficient (Wildman–Crippen LogP) is 0.800. The van der Waals surface area contributed by atoms with Crippen LogP contribution in [0.5, 0.6) is 0 Å². The first-order valence-corrected chi connectivity index (χ1v) is 7.18. The Kier molecular flexibility index (Phi) is 7.24. The highest BCUT2D eigenvalue weighted by Gasteiger charge is 2.23. The van der Waals surface area contributed by atoms with Crippen molar-refractivity contribution in [3.8, 4) is 0 Å². The third-order valence-corrected chi connectivity index (χ3v) is 3.10. The predicted molar refractivity (Wildman–Crippen MR) is 82.6 cm³/mol. The van der Waals surface area contributed by atoms with Crippen LogP contribution >= 0.6 is 12.6 Å². The monoisotopic (exact) mass is 326 g/mol. The van der Waals surface area contributed by atoms with Crippen molar-refractivity contribution in [2.24, 2.45) is 0 Å². The third-order valence-electron chi connectivity index (χ3n) is 2.74. The molecule has 0 saturated carbocycles. The molecule has 1 rings (SSSR count). The van der Waals surface area contributed by atoms with Crippen LogP contribution in [0.25, 0.3) is 0 Å². The quantitative estimate of drug-likeness (QED) is 0.555. The van der Waals surface area contributed by atoms with Gasteiger partial charge in [0.2, 0.25) is 5.91 Å². The lowest BCUT2D eigenvalue weighted by Crippen LogP contribution is -2.51. The summed E-state index contributed by atoms with van der Waals surface area (Å²) < 4.78 is 4.97. The summed E-state index contributed by atoms with van der Waals surface area (Å²) in [5, 5.41) is 13.4. The Morgan fingerprint density at radius 3 is 2.41 bits per heavy atom. The highest BCUT2D eigenvalue weighted by molar-refractivity contribution is 7.80. The number of alkyl carbamates (subject to hydrolysis) is 1. The Morgan fingerprint density at radius 1 is 1.23 bits per heavy atom. The molecule has 22 heavy (non-hydrogen) atoms. The molecule has 0 fully saturated rings. The number of rotatable bonds is 7. The van der Waals surface area contributed by atoms with Crippen LogP contribution < -0.4 is 10.6 Å². The highest BCUT2D eigenvalue weighted by Crippen LogP contribution is 2.01. The van der Waals surface area contributed by atoms with Gasteiger partial charge in [0, 0.05) is 5.75 Å². The number of hydrogen-bond acceptors (Lipinski definition) is 5. The largest absolute Gasteiger partial charge is 0.480 e. The second kappa shape index (κ2) is 8.93. The fraction of sp³-hybridized carbons (Fsp3) is 0.357. The lowest BCUT2D eigenvalue weighted by atomic mass is 10.2. The summed E-state index contributed by atoms with van der Waals surface area (Å²) in [4.78, 5) is 34.1. The van der Waals surface area contributed by atoms with E-state index in [1.54, 1.807) is 12.1 Å². The number of ether oxygens (including phenoxy) is 1. The number of nitrogens with one attached hydrogen (secondary N) is 2. The van der Waals surface area contributed by atoms with Crippen molar-refractivity contribution in [2.45, 2.75) is 25.6 Å². The van der Waals surface area contributed by atoms with E-state index in [9.17, 15) is 14.4 Å². The van der Waals surface area contributed by atoms with Gasteiger partial charge in [-0.2, -0.15) is 12.6 Å². The average Bonchev–Trinajstić information content (AvgIpc) is 2.50. The number of amides is 2. The zero-order valence-corrected chi connectivity index (χ0v) is 12.9. The van der Waals surface area contributed by atoms with Crippen molar-refractivity contribution in [3.63, 3.8) is 0 Å². The third kappa shape index (κ3) is 6.04. The van der Waals surface area contributed by atoms with Gasteiger partial charge in [0.25, 0.3) is 0 Å². The van der Waals surface area contributed by atoms with Crippen molar-refractivity contribution in [1.82, 2.24) is 10.6 Å². The van der Waals surface area contributed by atoms with Crippen LogP contribution in [-0.2, 0) is 20.9 Å². The highest BCUT2D eigenvalue weighted by atomic mass is 32.1. The minimum absolute atomic E-state index is 0.0494. The minimum Gasteiger partial charge on any atom is -0.480 e. The van der Waals surface area contributed by atoms with Gasteiger partial charge < -0.3 is 20.5 Å². The second-order valence-electron chi connectivity index (χ2n) is 4.51. The molecule has 8 heteroatoms. The molecule has 0 aliphatic carbocycles. The maximum atomic E-state index is 11.7. The van der Waals surface area contributed by atoms with Gasteiger partial charge in [-0.1, -0.05) is 30.3 Å². The summed E-state index contributed by atoms with van der Waals surface area (Å²) in [6, 6.07) is 7.04. The lowest BCUT2D eigenvalue weighted by molar-refractivity contribution is -0.141. The first kappa shape index (κ1) is 17.8. The number of carbonyl (C=O) groups excluding carboxylic acids is 2. The van der Waals surface area contributed by atoms with E-state index in [4.69, 9.17) is 9.84 Å². The Balaban J connectivity index is 2.39. The van der Waals surface area contributed by atoms with Crippen LogP contribution in [0.1, 0.15) is 12.5 Å². The first-order chi connectivity index (χ1) is 10.4. The molecular weight excluding hydrogens is 308 g/mol. The van der Waals surface area contributed by atoms with Gasteiger partial charge in [0.1, 0.15) is 18.7 Å². The topological polar surface area (TPSA) is 105 Å². The van der Waals surface area contributed by atoms with Crippen molar-refractivity contribution >= 4 is 30.6 Å². The van der Waals surface area contributed by atoms with E-state index in [0.717, 1.165) is 5.56 Å². The van der Waals surface area contributed by atoms with E-state index in [-0.39, 0.29) is 12.4 Å². The van der Waals surface area contributed by atoms with Gasteiger partial charge in [0.05, 0.1) is 0 Å². The number of hydrogen-bond donors (Lipinski definition) is 4. The maximum absolute atomic E-state index is 11.7. The lowest BCUT2D eigenvalue weighted by Gasteiger charge is -2.17. The van der Waals surface area contributed by atoms with E-state index in [2.05, 4.69) is 23.3 Å². The summed E-state index contributed by atoms with van der Waals surface area (Å²) in [5.41, 5.74) is 0.816. The average molecular weight is 326 g/mol. The van der Waals surface area contributed by atoms with Gasteiger partial charge in [-0.25, -0.2) is 9.59 Å². The molecule has 0 aliphatic heterocycles. The molecule has 0 spiro atoms. The van der Waals surface area contributed by atoms with Crippen LogP contribution in [0.2, 0.25) is 0 Å². The van der Waals surface area contributed by atoms with Crippen LogP contribution in [0.15, 0.2) is 30.3 Å². The Labute approximate surface area is 133 Å². The van der Waals surface area contributed by atoms with E-state index in [1.165, 1.54) is 6.92 Å². The molecule has 1 aromatic carbocycles. The smallest absolute Gasteiger partial charge is 0.408 e. The Morgan fingerprint density at radius 2 is 1.86 bits per heavy atom. The molecule has 7 nitrogen and oxygen atoms in total. The maximum Gasteiger partial charge on any atom is 0.408 e. The number of aliphatic carboxylic acids is 1. The van der Waals surface area contributed by atoms with Crippen molar-refractivity contribution in [2.75, 3.05) is 5.75 Å². The van der Waals surface area contributed by atoms with Crippen LogP contribution in [-0.4, -0.2) is 40.9 Å². The van der Waals surface area contributed by atoms with Crippen molar-refractivity contribution in [3.05, 3.63) is 35.9 Å². The number of carboxylic acids is 1. The molecule has 0 bridgehead atoms. The minimum atomic E-state index is -1.19. The zero-order valence-electron chi connectivity index (χ0n) is 12.0. The molecule has 0 radical (unpaired) electrons. The van der Waals surface area contributed by atoms with Crippen molar-refractivity contribution < 1.29 is 24.2 Å². The molecule has 0 unspecified atom stereocenters. The molecule has 120 valence electrons. The standard InChI is InChI=1S/C14H18N2O5S/c1-9(12(17)16-11(8-22)13(18)19)15-14(20)21-7-10-5-3-2-4-6-10/h2-6,9,11,22H,7-8H2,1H3,(H,15,20)(H,16,17)(H,18,19)/t9-,11+/m1/s1. The van der Waals surface area contributed by atoms with Crippen LogP contribution in [0.4, 0.5) is 4.79 Å². The SMILES string of the molecule is C[C@@H](NC(=O)OCc1ccccc1)C(=O)N[C@@H](CS)C(=O)O. The van der Waals surface area contributed by atoms with E-state index in [0.29, 0.717) is 0 Å². The van der Waals surface area contributed by atoms with Gasteiger partial charge in [-0.3, -0.25) is 4.79 Å². The summed E-state index contributed by atoms with van der Waals surface area (Å²) in [5.74, 6) is -1.87. The Hall–Kier alpha value is -2.22. The first-order valence-electron chi connectivity index (χ1n) is 6.55. The summed E-state index contributed by atoms with van der Waals surface area (Å²) in [6.07, 6.45) is -0.760. The van der Waals surface area contributed by atoms with E-state index < -0.39 is 30.1 Å². The summed E-state index contributed by atoms with van der Waals surface area (Å²) in [7, 11) is 0. The van der Waals surface area contributed by atoms with Crippen LogP contribution in [0, 0.1) is 0 Å². The zero-order chi connectivity index (χ0) is 16.5. The van der Waals surface area contributed by atoms with E-state index >= 15 is 0 Å². The molecule has 0 aromatic heterocycles. The molecule has 0 aliphatic rings. The second-order valence-corrected chi connectivity index (χ2v) is 4.87. The summed E-state index contributed by atoms with van der Waals surface area (Å²) >= 11 is 3.83. The van der Waals surface area contributed by atoms with Gasteiger partial charge in [-0.05, 0) is 12.5 Å². The van der Waals surface area contributed by atoms with Gasteiger partial charge in [0.15, 0.2) is 0 Å². The Bertz CT molecular complexity index is 523. The van der Waals surface area contributed by atoms with E-state index in [1.807, 2.05) is 18.2 Å². The molecule has 2 atom stereocenters. The van der Waals surface area contributed by atoms with Crippen LogP contribution in [0.3, 0.4) is 0 Å². The number of carbonyl (C=O) groups is 3. The molecular formula is C14H18N2O5S. The number of carboxylic acid groups (broad SMARTS) is 1. The number of benzene rings is 1. The van der Waals surface area contributed by atoms with Gasteiger partial charge in [-0.15, -0.1) is 0 Å². The number of thiol groups is 1.